The highest BCUT2D eigenvalue weighted by molar-refractivity contribution is 5.85. The first-order valence-corrected chi connectivity index (χ1v) is 5.78. The van der Waals surface area contributed by atoms with Crippen molar-refractivity contribution in [1.29, 1.82) is 0 Å². The highest BCUT2D eigenvalue weighted by Crippen LogP contribution is 2.29. The Morgan fingerprint density at radius 3 is 2.61 bits per heavy atom. The molecule has 0 fully saturated rings. The molecule has 0 radical (unpaired) electrons. The van der Waals surface area contributed by atoms with Crippen molar-refractivity contribution >= 4 is 5.97 Å². The lowest BCUT2D eigenvalue weighted by Crippen LogP contribution is -2.01. The largest absolute Gasteiger partial charge is 0.496 e. The average Bonchev–Trinajstić information content (AvgIpc) is 2.36. The smallest absolute Gasteiger partial charge is 0.330 e. The zero-order valence-corrected chi connectivity index (χ0v) is 10.9. The predicted molar refractivity (Wildman–Crippen MR) is 69.3 cm³/mol. The Balaban J connectivity index is 3.04. The van der Waals surface area contributed by atoms with Gasteiger partial charge in [-0.15, -0.1) is 0 Å². The Morgan fingerprint density at radius 2 is 2.06 bits per heavy atom. The van der Waals surface area contributed by atoms with Gasteiger partial charge in [0.1, 0.15) is 11.5 Å². The highest BCUT2D eigenvalue weighted by atomic mass is 16.5. The minimum Gasteiger partial charge on any atom is -0.496 e. The number of carboxylic acid groups (broad SMARTS) is 1. The first-order valence-electron chi connectivity index (χ1n) is 5.78. The molecule has 0 saturated heterocycles. The summed E-state index contributed by atoms with van der Waals surface area (Å²) < 4.78 is 10.8. The molecule has 0 saturated carbocycles. The first-order chi connectivity index (χ1) is 8.60. The Hall–Kier alpha value is -1.97. The van der Waals surface area contributed by atoms with Gasteiger partial charge in [0, 0.05) is 11.1 Å². The van der Waals surface area contributed by atoms with Gasteiger partial charge in [0.25, 0.3) is 0 Å². The SMILES string of the molecule is CCOc1cccc(OC)c1CC=C(C)C(=O)O. The van der Waals surface area contributed by atoms with Gasteiger partial charge in [-0.25, -0.2) is 4.79 Å². The molecule has 0 aromatic heterocycles. The van der Waals surface area contributed by atoms with Crippen molar-refractivity contribution in [3.05, 3.63) is 35.4 Å². The van der Waals surface area contributed by atoms with Crippen LogP contribution in [0, 0.1) is 0 Å². The average molecular weight is 250 g/mol. The molecule has 98 valence electrons. The lowest BCUT2D eigenvalue weighted by atomic mass is 10.1. The van der Waals surface area contributed by atoms with Gasteiger partial charge in [-0.2, -0.15) is 0 Å². The molecule has 1 N–H and O–H groups in total. The van der Waals surface area contributed by atoms with Crippen LogP contribution in [0.4, 0.5) is 0 Å². The molecule has 0 aliphatic carbocycles. The quantitative estimate of drug-likeness (QED) is 0.789. The van der Waals surface area contributed by atoms with Gasteiger partial charge >= 0.3 is 5.97 Å². The van der Waals surface area contributed by atoms with Gasteiger partial charge in [-0.05, 0) is 32.4 Å². The molecular formula is C14H18O4. The van der Waals surface area contributed by atoms with Crippen molar-refractivity contribution in [1.82, 2.24) is 0 Å². The predicted octanol–water partition coefficient (Wildman–Crippen LogP) is 2.67. The van der Waals surface area contributed by atoms with E-state index in [1.165, 1.54) is 0 Å². The fourth-order valence-corrected chi connectivity index (χ4v) is 1.57. The van der Waals surface area contributed by atoms with E-state index in [4.69, 9.17) is 14.6 Å². The second kappa shape index (κ2) is 6.69. The van der Waals surface area contributed by atoms with E-state index in [1.54, 1.807) is 20.1 Å². The zero-order chi connectivity index (χ0) is 13.5. The molecule has 4 nitrogen and oxygen atoms in total. The van der Waals surface area contributed by atoms with Gasteiger partial charge in [0.2, 0.25) is 0 Å². The number of carboxylic acids is 1. The number of allylic oxidation sites excluding steroid dienone is 1. The van der Waals surface area contributed by atoms with Crippen molar-refractivity contribution in [2.75, 3.05) is 13.7 Å². The number of carbonyl (C=O) groups is 1. The molecular weight excluding hydrogens is 232 g/mol. The van der Waals surface area contributed by atoms with E-state index < -0.39 is 5.97 Å². The van der Waals surface area contributed by atoms with Crippen LogP contribution in [0.2, 0.25) is 0 Å². The maximum Gasteiger partial charge on any atom is 0.330 e. The van der Waals surface area contributed by atoms with Crippen molar-refractivity contribution < 1.29 is 19.4 Å². The summed E-state index contributed by atoms with van der Waals surface area (Å²) in [6.45, 7) is 4.03. The second-order valence-electron chi connectivity index (χ2n) is 3.77. The molecule has 0 bridgehead atoms. The van der Waals surface area contributed by atoms with E-state index in [2.05, 4.69) is 0 Å². The first kappa shape index (κ1) is 14.1. The molecule has 0 amide bonds. The van der Waals surface area contributed by atoms with Crippen LogP contribution in [-0.2, 0) is 11.2 Å². The van der Waals surface area contributed by atoms with E-state index in [0.717, 1.165) is 11.3 Å². The van der Waals surface area contributed by atoms with Crippen LogP contribution in [0.5, 0.6) is 11.5 Å². The lowest BCUT2D eigenvalue weighted by Gasteiger charge is -2.12. The molecule has 0 aliphatic heterocycles. The summed E-state index contributed by atoms with van der Waals surface area (Å²) >= 11 is 0. The Morgan fingerprint density at radius 1 is 1.39 bits per heavy atom. The minimum absolute atomic E-state index is 0.309. The van der Waals surface area contributed by atoms with E-state index >= 15 is 0 Å². The molecule has 0 unspecified atom stereocenters. The van der Waals surface area contributed by atoms with Crippen LogP contribution in [0.25, 0.3) is 0 Å². The van der Waals surface area contributed by atoms with E-state index in [-0.39, 0.29) is 0 Å². The van der Waals surface area contributed by atoms with Crippen LogP contribution in [0.15, 0.2) is 29.8 Å². The fourth-order valence-electron chi connectivity index (χ4n) is 1.57. The molecule has 0 atom stereocenters. The van der Waals surface area contributed by atoms with Crippen LogP contribution in [0.3, 0.4) is 0 Å². The van der Waals surface area contributed by atoms with Crippen LogP contribution >= 0.6 is 0 Å². The van der Waals surface area contributed by atoms with Crippen LogP contribution in [0.1, 0.15) is 19.4 Å². The summed E-state index contributed by atoms with van der Waals surface area (Å²) in [6.07, 6.45) is 2.13. The molecule has 4 heteroatoms. The molecule has 18 heavy (non-hydrogen) atoms. The van der Waals surface area contributed by atoms with Crippen LogP contribution < -0.4 is 9.47 Å². The standard InChI is InChI=1S/C14H18O4/c1-4-18-13-7-5-6-12(17-3)11(13)9-8-10(2)14(15)16/h5-8H,4,9H2,1-3H3,(H,15,16). The number of rotatable bonds is 6. The highest BCUT2D eigenvalue weighted by Gasteiger charge is 2.09. The van der Waals surface area contributed by atoms with Crippen LogP contribution in [-0.4, -0.2) is 24.8 Å². The second-order valence-corrected chi connectivity index (χ2v) is 3.77. The third-order valence-electron chi connectivity index (χ3n) is 2.56. The van der Waals surface area contributed by atoms with Crippen molar-refractivity contribution in [2.24, 2.45) is 0 Å². The van der Waals surface area contributed by atoms with E-state index in [0.29, 0.717) is 24.4 Å². The summed E-state index contributed by atoms with van der Waals surface area (Å²) in [5, 5.41) is 8.83. The summed E-state index contributed by atoms with van der Waals surface area (Å²) in [7, 11) is 1.59. The lowest BCUT2D eigenvalue weighted by molar-refractivity contribution is -0.132. The van der Waals surface area contributed by atoms with Crippen molar-refractivity contribution in [3.8, 4) is 11.5 Å². The molecule has 1 rings (SSSR count). The van der Waals surface area contributed by atoms with Gasteiger partial charge in [-0.3, -0.25) is 0 Å². The maximum atomic E-state index is 10.8. The third kappa shape index (κ3) is 3.52. The van der Waals surface area contributed by atoms with Gasteiger partial charge < -0.3 is 14.6 Å². The fraction of sp³-hybridized carbons (Fsp3) is 0.357. The molecule has 1 aromatic rings. The van der Waals surface area contributed by atoms with Gasteiger partial charge in [-0.1, -0.05) is 12.1 Å². The van der Waals surface area contributed by atoms with Gasteiger partial charge in [0.15, 0.2) is 0 Å². The van der Waals surface area contributed by atoms with Crippen molar-refractivity contribution in [2.45, 2.75) is 20.3 Å². The molecule has 0 heterocycles. The number of ether oxygens (including phenoxy) is 2. The van der Waals surface area contributed by atoms with Crippen molar-refractivity contribution in [3.63, 3.8) is 0 Å². The summed E-state index contributed by atoms with van der Waals surface area (Å²) in [5.41, 5.74) is 1.17. The number of aliphatic carboxylic acids is 1. The maximum absolute atomic E-state index is 10.8. The molecule has 0 spiro atoms. The Labute approximate surface area is 107 Å². The zero-order valence-electron chi connectivity index (χ0n) is 10.9. The Kier molecular flexibility index (Phi) is 5.24. The third-order valence-corrected chi connectivity index (χ3v) is 2.56. The number of benzene rings is 1. The number of hydrogen-bond donors (Lipinski definition) is 1. The monoisotopic (exact) mass is 250 g/mol. The number of hydrogen-bond acceptors (Lipinski definition) is 3. The van der Waals surface area contributed by atoms with Gasteiger partial charge in [0.05, 0.1) is 13.7 Å². The normalized spacial score (nSPS) is 11.2. The summed E-state index contributed by atoms with van der Waals surface area (Å²) in [5.74, 6) is 0.518. The minimum atomic E-state index is -0.914. The number of methoxy groups -OCH3 is 1. The molecule has 0 aliphatic rings. The molecule has 1 aromatic carbocycles. The van der Waals surface area contributed by atoms with E-state index in [1.807, 2.05) is 25.1 Å². The Bertz CT molecular complexity index is 449. The van der Waals surface area contributed by atoms with E-state index in [9.17, 15) is 4.79 Å². The summed E-state index contributed by atoms with van der Waals surface area (Å²) in [4.78, 5) is 10.8. The summed E-state index contributed by atoms with van der Waals surface area (Å²) in [6, 6.07) is 5.54. The topological polar surface area (TPSA) is 55.8 Å².